The number of thiophene rings is 1. The lowest BCUT2D eigenvalue weighted by Crippen LogP contribution is -2.13. The lowest BCUT2D eigenvalue weighted by molar-refractivity contribution is -0.117. The normalized spacial score (nSPS) is 12.2. The van der Waals surface area contributed by atoms with Crippen molar-refractivity contribution in [3.05, 3.63) is 51.5 Å². The average molecular weight is 288 g/mol. The van der Waals surface area contributed by atoms with Crippen molar-refractivity contribution in [1.82, 2.24) is 4.57 Å². The highest BCUT2D eigenvalue weighted by atomic mass is 32.1. The minimum absolute atomic E-state index is 0.0930. The van der Waals surface area contributed by atoms with Crippen LogP contribution in [0.15, 0.2) is 46.8 Å². The molecule has 2 heterocycles. The van der Waals surface area contributed by atoms with E-state index < -0.39 is 0 Å². The maximum absolute atomic E-state index is 11.9. The molecule has 1 amide bonds. The molecule has 0 N–H and O–H groups in total. The van der Waals surface area contributed by atoms with Crippen molar-refractivity contribution in [1.29, 1.82) is 0 Å². The van der Waals surface area contributed by atoms with E-state index in [1.807, 2.05) is 53.4 Å². The molecule has 2 aromatic heterocycles. The molecule has 0 atom stereocenters. The molecule has 0 unspecified atom stereocenters. The van der Waals surface area contributed by atoms with Crippen LogP contribution in [0.4, 0.5) is 0 Å². The van der Waals surface area contributed by atoms with E-state index in [2.05, 4.69) is 4.99 Å². The number of hydrogen-bond acceptors (Lipinski definition) is 3. The monoisotopic (exact) mass is 288 g/mol. The van der Waals surface area contributed by atoms with Gasteiger partial charge in [-0.15, -0.1) is 11.3 Å². The summed E-state index contributed by atoms with van der Waals surface area (Å²) in [7, 11) is 1.94. The Morgan fingerprint density at radius 3 is 2.84 bits per heavy atom. The van der Waals surface area contributed by atoms with Crippen molar-refractivity contribution in [2.24, 2.45) is 12.0 Å². The first kappa shape index (κ1) is 12.3. The van der Waals surface area contributed by atoms with Crippen molar-refractivity contribution >= 4 is 38.8 Å². The van der Waals surface area contributed by atoms with Crippen LogP contribution in [-0.2, 0) is 18.3 Å². The second-order valence-electron chi connectivity index (χ2n) is 4.17. The Morgan fingerprint density at radius 2 is 2.11 bits per heavy atom. The van der Waals surface area contributed by atoms with Gasteiger partial charge in [0.05, 0.1) is 16.6 Å². The summed E-state index contributed by atoms with van der Waals surface area (Å²) in [6.45, 7) is 0. The molecule has 0 aliphatic carbocycles. The quantitative estimate of drug-likeness (QED) is 0.714. The molecular weight excluding hydrogens is 276 g/mol. The summed E-state index contributed by atoms with van der Waals surface area (Å²) >= 11 is 3.13. The van der Waals surface area contributed by atoms with Gasteiger partial charge in [0.15, 0.2) is 4.80 Å². The largest absolute Gasteiger partial charge is 0.319 e. The van der Waals surface area contributed by atoms with Gasteiger partial charge in [0.1, 0.15) is 0 Å². The first-order chi connectivity index (χ1) is 9.24. The third-order valence-corrected chi connectivity index (χ3v) is 4.83. The smallest absolute Gasteiger partial charge is 0.253 e. The van der Waals surface area contributed by atoms with E-state index in [0.29, 0.717) is 6.42 Å². The van der Waals surface area contributed by atoms with Crippen LogP contribution in [0.25, 0.3) is 10.2 Å². The fraction of sp³-hybridized carbons (Fsp3) is 0.143. The van der Waals surface area contributed by atoms with Gasteiger partial charge in [0, 0.05) is 11.9 Å². The first-order valence-electron chi connectivity index (χ1n) is 5.88. The standard InChI is InChI=1S/C14H12N2OS2/c1-16-11-6-2-3-7-12(11)19-14(16)15-13(17)9-10-5-4-8-18-10/h2-8H,9H2,1H3. The van der Waals surface area contributed by atoms with Crippen LogP contribution in [0, 0.1) is 0 Å². The van der Waals surface area contributed by atoms with Crippen molar-refractivity contribution in [2.45, 2.75) is 6.42 Å². The maximum atomic E-state index is 11.9. The number of carbonyl (C=O) groups excluding carboxylic acids is 1. The molecule has 0 fully saturated rings. The molecule has 1 aromatic carbocycles. The number of carbonyl (C=O) groups is 1. The third kappa shape index (κ3) is 2.52. The van der Waals surface area contributed by atoms with Crippen LogP contribution in [0.2, 0.25) is 0 Å². The molecule has 0 saturated carbocycles. The molecule has 0 bridgehead atoms. The highest BCUT2D eigenvalue weighted by Crippen LogP contribution is 2.15. The number of fused-ring (bicyclic) bond motifs is 1. The van der Waals surface area contributed by atoms with Gasteiger partial charge in [-0.1, -0.05) is 29.5 Å². The number of hydrogen-bond donors (Lipinski definition) is 0. The minimum Gasteiger partial charge on any atom is -0.319 e. The van der Waals surface area contributed by atoms with E-state index in [-0.39, 0.29) is 5.91 Å². The van der Waals surface area contributed by atoms with E-state index in [1.54, 1.807) is 22.7 Å². The van der Waals surface area contributed by atoms with Crippen LogP contribution in [0.5, 0.6) is 0 Å². The van der Waals surface area contributed by atoms with Gasteiger partial charge in [-0.05, 0) is 23.6 Å². The van der Waals surface area contributed by atoms with E-state index in [9.17, 15) is 4.79 Å². The molecule has 0 radical (unpaired) electrons. The number of nitrogens with zero attached hydrogens (tertiary/aromatic N) is 2. The Labute approximate surface area is 118 Å². The molecule has 0 aliphatic rings. The fourth-order valence-electron chi connectivity index (χ4n) is 1.90. The topological polar surface area (TPSA) is 34.4 Å². The van der Waals surface area contributed by atoms with Crippen molar-refractivity contribution in [3.63, 3.8) is 0 Å². The maximum Gasteiger partial charge on any atom is 0.253 e. The molecule has 5 heteroatoms. The zero-order valence-corrected chi connectivity index (χ0v) is 12.0. The van der Waals surface area contributed by atoms with E-state index in [1.165, 1.54) is 0 Å². The van der Waals surface area contributed by atoms with Crippen LogP contribution in [0.1, 0.15) is 4.88 Å². The van der Waals surface area contributed by atoms with E-state index in [0.717, 1.165) is 19.9 Å². The molecule has 19 heavy (non-hydrogen) atoms. The Hall–Kier alpha value is -1.72. The van der Waals surface area contributed by atoms with Gasteiger partial charge >= 0.3 is 0 Å². The molecule has 0 aliphatic heterocycles. The first-order valence-corrected chi connectivity index (χ1v) is 7.58. The highest BCUT2D eigenvalue weighted by Gasteiger charge is 2.05. The second-order valence-corrected chi connectivity index (χ2v) is 6.21. The van der Waals surface area contributed by atoms with Gasteiger partial charge in [-0.25, -0.2) is 0 Å². The predicted octanol–water partition coefficient (Wildman–Crippen LogP) is 2.97. The zero-order valence-electron chi connectivity index (χ0n) is 10.4. The van der Waals surface area contributed by atoms with Gasteiger partial charge in [0.2, 0.25) is 0 Å². The molecular formula is C14H12N2OS2. The number of aryl methyl sites for hydroxylation is 1. The van der Waals surface area contributed by atoms with Crippen molar-refractivity contribution < 1.29 is 4.79 Å². The lowest BCUT2D eigenvalue weighted by Gasteiger charge is -1.94. The molecule has 3 aromatic rings. The molecule has 3 nitrogen and oxygen atoms in total. The van der Waals surface area contributed by atoms with Crippen LogP contribution >= 0.6 is 22.7 Å². The van der Waals surface area contributed by atoms with Gasteiger partial charge in [0.25, 0.3) is 5.91 Å². The molecule has 3 rings (SSSR count). The summed E-state index contributed by atoms with van der Waals surface area (Å²) in [5, 5.41) is 1.97. The van der Waals surface area contributed by atoms with Crippen molar-refractivity contribution in [2.75, 3.05) is 0 Å². The summed E-state index contributed by atoms with van der Waals surface area (Å²) in [4.78, 5) is 18.0. The lowest BCUT2D eigenvalue weighted by atomic mass is 10.3. The fourth-order valence-corrected chi connectivity index (χ4v) is 3.63. The second kappa shape index (κ2) is 5.11. The van der Waals surface area contributed by atoms with Crippen LogP contribution in [0.3, 0.4) is 0 Å². The number of amides is 1. The number of benzene rings is 1. The van der Waals surface area contributed by atoms with E-state index >= 15 is 0 Å². The number of rotatable bonds is 2. The number of thiazole rings is 1. The SMILES string of the molecule is Cn1c(=NC(=O)Cc2cccs2)sc2ccccc21. The Balaban J connectivity index is 1.97. The summed E-state index contributed by atoms with van der Waals surface area (Å²) in [6, 6.07) is 12.0. The van der Waals surface area contributed by atoms with Crippen LogP contribution < -0.4 is 4.80 Å². The summed E-state index contributed by atoms with van der Waals surface area (Å²) in [6.07, 6.45) is 0.381. The molecule has 0 spiro atoms. The summed E-state index contributed by atoms with van der Waals surface area (Å²) < 4.78 is 3.11. The van der Waals surface area contributed by atoms with Gasteiger partial charge in [-0.2, -0.15) is 4.99 Å². The molecule has 96 valence electrons. The zero-order chi connectivity index (χ0) is 13.2. The van der Waals surface area contributed by atoms with Crippen molar-refractivity contribution in [3.8, 4) is 0 Å². The number of para-hydroxylation sites is 1. The Bertz CT molecular complexity index is 781. The van der Waals surface area contributed by atoms with Gasteiger partial charge < -0.3 is 4.57 Å². The third-order valence-electron chi connectivity index (χ3n) is 2.84. The van der Waals surface area contributed by atoms with E-state index in [4.69, 9.17) is 0 Å². The Kier molecular flexibility index (Phi) is 3.31. The average Bonchev–Trinajstić information content (AvgIpc) is 3.00. The Morgan fingerprint density at radius 1 is 1.26 bits per heavy atom. The summed E-state index contributed by atoms with van der Waals surface area (Å²) in [5.41, 5.74) is 1.11. The van der Waals surface area contributed by atoms with Gasteiger partial charge in [-0.3, -0.25) is 4.79 Å². The van der Waals surface area contributed by atoms with Crippen LogP contribution in [-0.4, -0.2) is 10.5 Å². The number of aromatic nitrogens is 1. The minimum atomic E-state index is -0.0930. The molecule has 0 saturated heterocycles. The highest BCUT2D eigenvalue weighted by molar-refractivity contribution is 7.16. The predicted molar refractivity (Wildman–Crippen MR) is 79.4 cm³/mol. The summed E-state index contributed by atoms with van der Waals surface area (Å²) in [5.74, 6) is -0.0930.